The summed E-state index contributed by atoms with van der Waals surface area (Å²) in [6.45, 7) is 0. The minimum Gasteiger partial charge on any atom is -0.390 e. The van der Waals surface area contributed by atoms with Crippen LogP contribution in [0.5, 0.6) is 0 Å². The van der Waals surface area contributed by atoms with Gasteiger partial charge in [-0.05, 0) is 91.8 Å². The van der Waals surface area contributed by atoms with Crippen LogP contribution in [-0.2, 0) is 6.42 Å². The van der Waals surface area contributed by atoms with Gasteiger partial charge in [0.05, 0.1) is 11.0 Å². The fourth-order valence-electron chi connectivity index (χ4n) is 7.57. The summed E-state index contributed by atoms with van der Waals surface area (Å²) in [6.07, 6.45) is 8.84. The third kappa shape index (κ3) is 4.04. The van der Waals surface area contributed by atoms with Crippen LogP contribution >= 0.6 is 0 Å². The number of hydrogen-bond acceptors (Lipinski definition) is 4. The Balaban J connectivity index is 1.12. The van der Waals surface area contributed by atoms with E-state index in [-0.39, 0.29) is 17.4 Å². The van der Waals surface area contributed by atoms with Crippen molar-refractivity contribution in [1.82, 2.24) is 14.9 Å². The van der Waals surface area contributed by atoms with E-state index in [1.165, 1.54) is 0 Å². The molecule has 8 rings (SSSR count). The zero-order chi connectivity index (χ0) is 25.9. The summed E-state index contributed by atoms with van der Waals surface area (Å²) >= 11 is 0. The molecule has 4 aliphatic rings. The Morgan fingerprint density at radius 2 is 1.71 bits per heavy atom. The number of para-hydroxylation sites is 1. The Labute approximate surface area is 221 Å². The van der Waals surface area contributed by atoms with E-state index in [1.54, 1.807) is 12.3 Å². The standard InChI is InChI=1S/C32H31N3O3/c36-29-25(19-35(26-5-2-1-3-6-26)30-27(29)7-4-12-33-30)13-20-8-10-22(11-9-20)31(37)34-28-23-14-21-15-24(28)18-32(38,16-21)17-23/h1-12,19,21,23-24,28,38H,13-18H2,(H,34,37)/t21?,23-,24+,28?,32?. The maximum atomic E-state index is 13.3. The number of benzene rings is 2. The molecular formula is C32H31N3O3. The van der Waals surface area contributed by atoms with Crippen LogP contribution in [0.4, 0.5) is 0 Å². The van der Waals surface area contributed by atoms with E-state index < -0.39 is 5.60 Å². The number of nitrogens with zero attached hydrogens (tertiary/aromatic N) is 2. The molecule has 2 heterocycles. The summed E-state index contributed by atoms with van der Waals surface area (Å²) in [5, 5.41) is 14.7. The van der Waals surface area contributed by atoms with E-state index in [0.29, 0.717) is 46.3 Å². The van der Waals surface area contributed by atoms with Gasteiger partial charge in [-0.2, -0.15) is 0 Å². The first-order chi connectivity index (χ1) is 18.5. The second-order valence-electron chi connectivity index (χ2n) is 11.6. The first-order valence-corrected chi connectivity index (χ1v) is 13.6. The van der Waals surface area contributed by atoms with Crippen molar-refractivity contribution in [3.63, 3.8) is 0 Å². The number of hydrogen-bond donors (Lipinski definition) is 2. The SMILES string of the molecule is O=C(NC1[C@@H]2CC3C[C@H]1CC(O)(C3)C2)c1ccc(Cc2cn(-c3ccccc3)c3ncccc3c2=O)cc1. The van der Waals surface area contributed by atoms with Crippen molar-refractivity contribution in [3.8, 4) is 5.69 Å². The summed E-state index contributed by atoms with van der Waals surface area (Å²) in [6, 6.07) is 21.3. The molecule has 0 radical (unpaired) electrons. The molecule has 4 aliphatic carbocycles. The summed E-state index contributed by atoms with van der Waals surface area (Å²) in [5.41, 5.74) is 3.34. The fraction of sp³-hybridized carbons (Fsp3) is 0.344. The summed E-state index contributed by atoms with van der Waals surface area (Å²) in [4.78, 5) is 31.0. The van der Waals surface area contributed by atoms with Gasteiger partial charge in [0, 0.05) is 41.7 Å². The Bertz CT molecular complexity index is 1560. The number of nitrogens with one attached hydrogen (secondary N) is 1. The number of pyridine rings is 2. The van der Waals surface area contributed by atoms with E-state index in [4.69, 9.17) is 0 Å². The molecule has 6 nitrogen and oxygen atoms in total. The van der Waals surface area contributed by atoms with Crippen LogP contribution in [0, 0.1) is 17.8 Å². The number of fused-ring (bicyclic) bond motifs is 1. The Kier molecular flexibility index (Phi) is 5.48. The molecule has 192 valence electrons. The molecule has 2 N–H and O–H groups in total. The van der Waals surface area contributed by atoms with Crippen molar-refractivity contribution in [3.05, 3.63) is 106 Å². The van der Waals surface area contributed by atoms with Crippen LogP contribution in [0.2, 0.25) is 0 Å². The Morgan fingerprint density at radius 1 is 0.974 bits per heavy atom. The smallest absolute Gasteiger partial charge is 0.251 e. The maximum absolute atomic E-state index is 13.3. The number of carbonyl (C=O) groups excluding carboxylic acids is 1. The largest absolute Gasteiger partial charge is 0.390 e. The normalized spacial score (nSPS) is 27.5. The van der Waals surface area contributed by atoms with Crippen molar-refractivity contribution < 1.29 is 9.90 Å². The average molecular weight is 506 g/mol. The van der Waals surface area contributed by atoms with E-state index in [1.807, 2.05) is 71.4 Å². The van der Waals surface area contributed by atoms with Gasteiger partial charge in [0.1, 0.15) is 5.65 Å². The molecule has 0 saturated heterocycles. The van der Waals surface area contributed by atoms with Gasteiger partial charge in [0.25, 0.3) is 5.91 Å². The van der Waals surface area contributed by atoms with Gasteiger partial charge in [-0.3, -0.25) is 9.59 Å². The molecule has 0 aliphatic heterocycles. The lowest BCUT2D eigenvalue weighted by molar-refractivity contribution is -0.136. The minimum atomic E-state index is -0.503. The number of aliphatic hydroxyl groups is 1. The van der Waals surface area contributed by atoms with Crippen LogP contribution in [0.3, 0.4) is 0 Å². The molecule has 3 unspecified atom stereocenters. The Morgan fingerprint density at radius 3 is 2.42 bits per heavy atom. The van der Waals surface area contributed by atoms with E-state index >= 15 is 0 Å². The van der Waals surface area contributed by atoms with E-state index in [9.17, 15) is 14.7 Å². The van der Waals surface area contributed by atoms with Crippen LogP contribution in [0.25, 0.3) is 16.7 Å². The second kappa shape index (κ2) is 8.91. The van der Waals surface area contributed by atoms with Gasteiger partial charge in [0.15, 0.2) is 5.43 Å². The van der Waals surface area contributed by atoms with Gasteiger partial charge in [0.2, 0.25) is 0 Å². The average Bonchev–Trinajstić information content (AvgIpc) is 2.92. The zero-order valence-electron chi connectivity index (χ0n) is 21.2. The first kappa shape index (κ1) is 23.4. The lowest BCUT2D eigenvalue weighted by Crippen LogP contribution is -2.61. The predicted octanol–water partition coefficient (Wildman–Crippen LogP) is 4.65. The minimum absolute atomic E-state index is 0.0226. The molecule has 4 aromatic rings. The highest BCUT2D eigenvalue weighted by molar-refractivity contribution is 5.94. The molecule has 0 spiro atoms. The van der Waals surface area contributed by atoms with Crippen LogP contribution in [0.15, 0.2) is 83.9 Å². The molecule has 2 aromatic heterocycles. The first-order valence-electron chi connectivity index (χ1n) is 13.6. The molecule has 4 bridgehead atoms. The van der Waals surface area contributed by atoms with Gasteiger partial charge < -0.3 is 15.0 Å². The van der Waals surface area contributed by atoms with E-state index in [2.05, 4.69) is 10.3 Å². The molecule has 6 heteroatoms. The number of amides is 1. The highest BCUT2D eigenvalue weighted by atomic mass is 16.3. The van der Waals surface area contributed by atoms with Gasteiger partial charge in [-0.1, -0.05) is 30.3 Å². The maximum Gasteiger partial charge on any atom is 0.251 e. The highest BCUT2D eigenvalue weighted by Gasteiger charge is 2.55. The van der Waals surface area contributed by atoms with Gasteiger partial charge in [-0.15, -0.1) is 0 Å². The van der Waals surface area contributed by atoms with Crippen molar-refractivity contribution in [2.75, 3.05) is 0 Å². The van der Waals surface area contributed by atoms with Crippen molar-refractivity contribution in [2.45, 2.75) is 50.2 Å². The molecule has 5 atom stereocenters. The summed E-state index contributed by atoms with van der Waals surface area (Å²) in [5.74, 6) is 1.32. The molecular weight excluding hydrogens is 474 g/mol. The van der Waals surface area contributed by atoms with Crippen LogP contribution in [-0.4, -0.2) is 32.2 Å². The second-order valence-corrected chi connectivity index (χ2v) is 11.6. The molecule has 2 aromatic carbocycles. The summed E-state index contributed by atoms with van der Waals surface area (Å²) in [7, 11) is 0. The summed E-state index contributed by atoms with van der Waals surface area (Å²) < 4.78 is 1.97. The molecule has 4 fully saturated rings. The zero-order valence-corrected chi connectivity index (χ0v) is 21.2. The third-order valence-corrected chi connectivity index (χ3v) is 9.02. The quantitative estimate of drug-likeness (QED) is 0.414. The van der Waals surface area contributed by atoms with Crippen molar-refractivity contribution in [1.29, 1.82) is 0 Å². The van der Waals surface area contributed by atoms with E-state index in [0.717, 1.165) is 43.4 Å². The monoisotopic (exact) mass is 505 g/mol. The molecule has 38 heavy (non-hydrogen) atoms. The Hall–Kier alpha value is -3.77. The number of rotatable bonds is 5. The van der Waals surface area contributed by atoms with Crippen LogP contribution in [0.1, 0.15) is 53.6 Å². The van der Waals surface area contributed by atoms with Gasteiger partial charge in [-0.25, -0.2) is 4.98 Å². The van der Waals surface area contributed by atoms with Crippen molar-refractivity contribution >= 4 is 16.9 Å². The van der Waals surface area contributed by atoms with Crippen molar-refractivity contribution in [2.24, 2.45) is 17.8 Å². The fourth-order valence-corrected chi connectivity index (χ4v) is 7.57. The molecule has 4 saturated carbocycles. The number of aromatic nitrogens is 2. The number of carbonyl (C=O) groups is 1. The molecule has 1 amide bonds. The highest BCUT2D eigenvalue weighted by Crippen LogP contribution is 2.55. The lowest BCUT2D eigenvalue weighted by Gasteiger charge is -2.58. The van der Waals surface area contributed by atoms with Crippen LogP contribution < -0.4 is 10.7 Å². The third-order valence-electron chi connectivity index (χ3n) is 9.02. The lowest BCUT2D eigenvalue weighted by atomic mass is 9.52. The predicted molar refractivity (Wildman–Crippen MR) is 146 cm³/mol. The topological polar surface area (TPSA) is 84.2 Å². The van der Waals surface area contributed by atoms with Gasteiger partial charge >= 0.3 is 0 Å².